The molecule has 0 aromatic heterocycles. The van der Waals surface area contributed by atoms with E-state index in [1.807, 2.05) is 36.4 Å². The van der Waals surface area contributed by atoms with Crippen molar-refractivity contribution in [1.29, 1.82) is 0 Å². The second-order valence-electron chi connectivity index (χ2n) is 9.49. The Kier molecular flexibility index (Phi) is 9.23. The lowest BCUT2D eigenvalue weighted by molar-refractivity contribution is 0.228. The van der Waals surface area contributed by atoms with Crippen LogP contribution in [0.5, 0.6) is 11.5 Å². The van der Waals surface area contributed by atoms with Crippen molar-refractivity contribution in [2.75, 3.05) is 6.73 Å². The summed E-state index contributed by atoms with van der Waals surface area (Å²) in [5.74, 6) is 1.04. The Hall–Kier alpha value is -3.86. The van der Waals surface area contributed by atoms with Gasteiger partial charge in [-0.1, -0.05) is 60.7 Å². The first kappa shape index (κ1) is 28.2. The van der Waals surface area contributed by atoms with Gasteiger partial charge in [0.1, 0.15) is 11.5 Å². The maximum atomic E-state index is 12.1. The van der Waals surface area contributed by atoms with Crippen LogP contribution >= 0.6 is 0 Å². The average molecular weight is 552 g/mol. The van der Waals surface area contributed by atoms with E-state index in [0.29, 0.717) is 36.7 Å². The Morgan fingerprint density at radius 1 is 1.08 bits per heavy atom. The van der Waals surface area contributed by atoms with Gasteiger partial charge in [0.15, 0.2) is 12.7 Å². The van der Waals surface area contributed by atoms with Gasteiger partial charge < -0.3 is 26.0 Å². The first-order chi connectivity index (χ1) is 18.7. The van der Waals surface area contributed by atoms with E-state index in [-0.39, 0.29) is 25.3 Å². The monoisotopic (exact) mass is 551 g/mol. The summed E-state index contributed by atoms with van der Waals surface area (Å²) in [4.78, 5) is 4.20. The fourth-order valence-corrected chi connectivity index (χ4v) is 5.18. The molecule has 0 unspecified atom stereocenters. The van der Waals surface area contributed by atoms with Crippen molar-refractivity contribution in [2.24, 2.45) is 10.7 Å². The zero-order valence-electron chi connectivity index (χ0n) is 21.4. The molecule has 10 heteroatoms. The van der Waals surface area contributed by atoms with Crippen LogP contribution in [0.3, 0.4) is 0 Å². The molecule has 0 saturated carbocycles. The number of nitrogens with two attached hydrogens (primary N) is 1. The van der Waals surface area contributed by atoms with Gasteiger partial charge in [-0.25, -0.2) is 4.99 Å². The number of aliphatic imine (C=N–C) groups is 1. The van der Waals surface area contributed by atoms with Crippen molar-refractivity contribution >= 4 is 16.1 Å². The Bertz CT molecular complexity index is 1440. The molecule has 3 aromatic rings. The lowest BCUT2D eigenvalue weighted by Crippen LogP contribution is -2.31. The van der Waals surface area contributed by atoms with Gasteiger partial charge in [0.05, 0.1) is 11.4 Å². The minimum atomic E-state index is -4.31. The van der Waals surface area contributed by atoms with Crippen LogP contribution in [0.1, 0.15) is 46.8 Å². The molecule has 0 radical (unpaired) electrons. The van der Waals surface area contributed by atoms with Gasteiger partial charge in [-0.15, -0.1) is 0 Å². The molecule has 0 saturated heterocycles. The van der Waals surface area contributed by atoms with Gasteiger partial charge in [-0.2, -0.15) is 8.42 Å². The van der Waals surface area contributed by atoms with Crippen LogP contribution in [0.2, 0.25) is 0 Å². The summed E-state index contributed by atoms with van der Waals surface area (Å²) in [5, 5.41) is 21.7. The smallest absolute Gasteiger partial charge is 0.268 e. The number of aromatic hydroxyl groups is 1. The van der Waals surface area contributed by atoms with Crippen LogP contribution in [-0.2, 0) is 29.5 Å². The molecule has 1 heterocycles. The Labute approximate surface area is 228 Å². The second kappa shape index (κ2) is 12.8. The highest BCUT2D eigenvalue weighted by Gasteiger charge is 2.22. The largest absolute Gasteiger partial charge is 0.508 e. The van der Waals surface area contributed by atoms with Crippen LogP contribution in [0.4, 0.5) is 0 Å². The summed E-state index contributed by atoms with van der Waals surface area (Å²) in [5.41, 5.74) is 10.5. The van der Waals surface area contributed by atoms with Crippen molar-refractivity contribution < 1.29 is 27.9 Å². The molecular weight excluding hydrogens is 518 g/mol. The quantitative estimate of drug-likeness (QED) is 0.210. The van der Waals surface area contributed by atoms with E-state index < -0.39 is 21.5 Å². The zero-order valence-corrected chi connectivity index (χ0v) is 22.2. The minimum Gasteiger partial charge on any atom is -0.508 e. The molecule has 2 atom stereocenters. The van der Waals surface area contributed by atoms with E-state index in [1.54, 1.807) is 18.2 Å². The number of benzene rings is 3. The van der Waals surface area contributed by atoms with Gasteiger partial charge in [0.25, 0.3) is 10.1 Å². The van der Waals surface area contributed by atoms with E-state index in [4.69, 9.17) is 10.5 Å². The molecule has 0 spiro atoms. The number of ether oxygens (including phenoxy) is 1. The van der Waals surface area contributed by atoms with E-state index in [1.165, 1.54) is 18.2 Å². The summed E-state index contributed by atoms with van der Waals surface area (Å²) >= 11 is 0. The molecule has 0 fully saturated rings. The number of rotatable bonds is 8. The van der Waals surface area contributed by atoms with Crippen molar-refractivity contribution in [3.05, 3.63) is 107 Å². The zero-order chi connectivity index (χ0) is 27.8. The van der Waals surface area contributed by atoms with E-state index >= 15 is 0 Å². The fraction of sp³-hybridized carbons (Fsp3) is 0.276. The molecular formula is C29H33N3O6S. The van der Waals surface area contributed by atoms with Crippen molar-refractivity contribution in [3.8, 4) is 11.5 Å². The summed E-state index contributed by atoms with van der Waals surface area (Å²) in [7, 11) is -4.31. The van der Waals surface area contributed by atoms with Crippen LogP contribution < -0.4 is 15.8 Å². The molecule has 0 aliphatic carbocycles. The molecule has 0 amide bonds. The first-order valence-corrected chi connectivity index (χ1v) is 14.1. The number of hydrogen-bond donors (Lipinski definition) is 5. The van der Waals surface area contributed by atoms with Crippen molar-refractivity contribution in [1.82, 2.24) is 5.32 Å². The number of fused-ring (bicyclic) bond motifs is 3. The van der Waals surface area contributed by atoms with Crippen LogP contribution in [0.25, 0.3) is 0 Å². The summed E-state index contributed by atoms with van der Waals surface area (Å²) in [6, 6.07) is 19.9. The molecule has 6 N–H and O–H groups in total. The second-order valence-corrected chi connectivity index (χ2v) is 11.2. The predicted octanol–water partition coefficient (Wildman–Crippen LogP) is 3.61. The third-order valence-electron chi connectivity index (χ3n) is 6.57. The standard InChI is InChI=1S/C29H33N3O6S/c30-29-31-18-22-4-1-3-21(15-22)17-24-16-20(8-14-28(24)38-19-32-29)7-13-26(39(35,36)37)5-2-6-27(34)23-9-11-25(33)12-10-23/h1-4,6,8-12,14-16,26-27,33-34H,5,7,13,17-19H2,(H3,30,31,32)(H,35,36,37)/b6-2+/t26-,27+/m0/s1. The summed E-state index contributed by atoms with van der Waals surface area (Å²) in [6.45, 7) is 0.611. The third kappa shape index (κ3) is 8.31. The van der Waals surface area contributed by atoms with Crippen molar-refractivity contribution in [3.63, 3.8) is 0 Å². The Morgan fingerprint density at radius 3 is 2.62 bits per heavy atom. The number of hydrogen-bond acceptors (Lipinski definition) is 8. The normalized spacial score (nSPS) is 15.6. The van der Waals surface area contributed by atoms with Crippen LogP contribution in [0, 0.1) is 0 Å². The molecule has 9 nitrogen and oxygen atoms in total. The topological polar surface area (TPSA) is 154 Å². The number of aryl methyl sites for hydroxylation is 1. The molecule has 4 rings (SSSR count). The average Bonchev–Trinajstić information content (AvgIpc) is 2.89. The van der Waals surface area contributed by atoms with Crippen LogP contribution in [-0.4, -0.2) is 41.1 Å². The first-order valence-electron chi connectivity index (χ1n) is 12.6. The number of allylic oxidation sites excluding steroid dienone is 1. The summed E-state index contributed by atoms with van der Waals surface area (Å²) < 4.78 is 39.9. The van der Waals surface area contributed by atoms with E-state index in [2.05, 4.69) is 16.4 Å². The SMILES string of the molecule is NC1=NCOc2ccc(CC[C@H](C/C=C/[C@@H](O)c3ccc(O)cc3)S(=O)(=O)O)cc2Cc2cccc(c2)CN1. The number of phenols is 1. The molecule has 3 aromatic carbocycles. The Balaban J connectivity index is 1.47. The summed E-state index contributed by atoms with van der Waals surface area (Å²) in [6.07, 6.45) is 3.34. The maximum absolute atomic E-state index is 12.1. The third-order valence-corrected chi connectivity index (χ3v) is 7.84. The number of guanidine groups is 1. The number of aliphatic hydroxyl groups is 1. The minimum absolute atomic E-state index is 0.0439. The highest BCUT2D eigenvalue weighted by atomic mass is 32.2. The fourth-order valence-electron chi connectivity index (χ4n) is 4.41. The number of aliphatic hydroxyl groups excluding tert-OH is 1. The molecule has 2 bridgehead atoms. The van der Waals surface area contributed by atoms with Gasteiger partial charge in [0.2, 0.25) is 0 Å². The van der Waals surface area contributed by atoms with Crippen LogP contribution in [0.15, 0.2) is 83.9 Å². The van der Waals surface area contributed by atoms with Gasteiger partial charge >= 0.3 is 0 Å². The maximum Gasteiger partial charge on any atom is 0.268 e. The van der Waals surface area contributed by atoms with Gasteiger partial charge in [0, 0.05) is 13.0 Å². The van der Waals surface area contributed by atoms with Gasteiger partial charge in [-0.05, 0) is 65.3 Å². The highest BCUT2D eigenvalue weighted by Crippen LogP contribution is 2.26. The molecule has 206 valence electrons. The highest BCUT2D eigenvalue weighted by molar-refractivity contribution is 7.86. The number of phenolic OH excluding ortho intramolecular Hbond substituents is 1. The number of nitrogens with one attached hydrogen (secondary N) is 1. The van der Waals surface area contributed by atoms with Crippen molar-refractivity contribution in [2.45, 2.75) is 43.6 Å². The molecule has 39 heavy (non-hydrogen) atoms. The molecule has 1 aliphatic rings. The lowest BCUT2D eigenvalue weighted by Gasteiger charge is -2.16. The molecule has 1 aliphatic heterocycles. The lowest BCUT2D eigenvalue weighted by atomic mass is 9.98. The number of nitrogens with zero attached hydrogens (tertiary/aromatic N) is 1. The van der Waals surface area contributed by atoms with E-state index in [9.17, 15) is 23.2 Å². The predicted molar refractivity (Wildman–Crippen MR) is 150 cm³/mol. The van der Waals surface area contributed by atoms with Gasteiger partial charge in [-0.3, -0.25) is 4.55 Å². The van der Waals surface area contributed by atoms with E-state index in [0.717, 1.165) is 22.3 Å². The Morgan fingerprint density at radius 2 is 1.85 bits per heavy atom.